The van der Waals surface area contributed by atoms with Crippen molar-refractivity contribution in [1.82, 2.24) is 0 Å². The summed E-state index contributed by atoms with van der Waals surface area (Å²) in [4.78, 5) is 73.2. The monoisotopic (exact) mass is 1540 g/mol. The van der Waals surface area contributed by atoms with E-state index in [4.69, 9.17) is 37.0 Å². The molecule has 105 heavy (non-hydrogen) atoms. The van der Waals surface area contributed by atoms with Crippen molar-refractivity contribution >= 4 is 39.5 Å². The van der Waals surface area contributed by atoms with Gasteiger partial charge in [0.25, 0.3) is 0 Å². The lowest BCUT2D eigenvalue weighted by Crippen LogP contribution is -2.30. The summed E-state index contributed by atoms with van der Waals surface area (Å²) in [6.07, 6.45) is 63.8. The Kier molecular flexibility index (Phi) is 73.4. The van der Waals surface area contributed by atoms with Crippen LogP contribution in [0.1, 0.15) is 447 Å². The first-order chi connectivity index (χ1) is 50.7. The van der Waals surface area contributed by atoms with Gasteiger partial charge >= 0.3 is 39.5 Å². The number of esters is 4. The molecular weight excluding hydrogens is 1370 g/mol. The number of unbranched alkanes of at least 4 members (excludes halogenated alkanes) is 46. The molecule has 0 saturated carbocycles. The number of rotatable bonds is 83. The lowest BCUT2D eigenvalue weighted by Gasteiger charge is -2.21. The second-order valence-electron chi connectivity index (χ2n) is 32.1. The molecule has 17 nitrogen and oxygen atoms in total. The first-order valence-electron chi connectivity index (χ1n) is 44.3. The summed E-state index contributed by atoms with van der Waals surface area (Å²) in [5.74, 6) is 1.12. The molecule has 0 spiro atoms. The number of phosphoric ester groups is 2. The zero-order valence-electron chi connectivity index (χ0n) is 69.4. The van der Waals surface area contributed by atoms with Crippen molar-refractivity contribution in [2.45, 2.75) is 465 Å². The van der Waals surface area contributed by atoms with Crippen LogP contribution in [0.4, 0.5) is 0 Å². The Morgan fingerprint density at radius 3 is 0.676 bits per heavy atom. The van der Waals surface area contributed by atoms with Gasteiger partial charge in [-0.2, -0.15) is 0 Å². The van der Waals surface area contributed by atoms with Crippen molar-refractivity contribution in [3.8, 4) is 0 Å². The molecule has 19 heteroatoms. The molecule has 8 atom stereocenters. The minimum atomic E-state index is -4.97. The average Bonchev–Trinajstić information content (AvgIpc) is 1.01. The second kappa shape index (κ2) is 74.8. The van der Waals surface area contributed by atoms with Crippen LogP contribution in [0.25, 0.3) is 0 Å². The van der Waals surface area contributed by atoms with Crippen LogP contribution in [-0.2, 0) is 65.4 Å². The maximum Gasteiger partial charge on any atom is 0.472 e. The van der Waals surface area contributed by atoms with E-state index in [-0.39, 0.29) is 25.7 Å². The first kappa shape index (κ1) is 103. The van der Waals surface area contributed by atoms with Crippen molar-refractivity contribution in [3.63, 3.8) is 0 Å². The van der Waals surface area contributed by atoms with Crippen LogP contribution in [0.5, 0.6) is 0 Å². The average molecular weight is 1540 g/mol. The molecule has 0 radical (unpaired) electrons. The molecule has 0 fully saturated rings. The summed E-state index contributed by atoms with van der Waals surface area (Å²) in [7, 11) is -9.93. The SMILES string of the molecule is CCC(C)CCCCCCCCCCCCCCCCCCCCC(=O)O[C@H](COC(=O)CCCCCCCCCCCCCCCCCCC(C)C)COP(=O)(O)OC[C@@H](O)COP(=O)(O)OC[C@@H](COC(=O)CCCCCCCCCCC(C)CC)OC(=O)CCCCCCCCCCC(C)CC. The predicted molar refractivity (Wildman–Crippen MR) is 432 cm³/mol. The normalized spacial score (nSPS) is 14.7. The van der Waals surface area contributed by atoms with Crippen molar-refractivity contribution in [2.24, 2.45) is 23.7 Å². The molecule has 0 rings (SSSR count). The highest BCUT2D eigenvalue weighted by atomic mass is 31.2. The highest BCUT2D eigenvalue weighted by Crippen LogP contribution is 2.45. The highest BCUT2D eigenvalue weighted by molar-refractivity contribution is 7.47. The molecule has 0 saturated heterocycles. The van der Waals surface area contributed by atoms with E-state index in [2.05, 4.69) is 55.4 Å². The number of ether oxygens (including phenoxy) is 4. The van der Waals surface area contributed by atoms with Gasteiger partial charge in [-0.25, -0.2) is 9.13 Å². The van der Waals surface area contributed by atoms with Gasteiger partial charge in [0, 0.05) is 25.7 Å². The number of phosphoric acid groups is 2. The van der Waals surface area contributed by atoms with Gasteiger partial charge in [0.1, 0.15) is 19.3 Å². The summed E-state index contributed by atoms with van der Waals surface area (Å²) in [5.41, 5.74) is 0. The Morgan fingerprint density at radius 1 is 0.267 bits per heavy atom. The van der Waals surface area contributed by atoms with E-state index in [1.165, 1.54) is 250 Å². The highest BCUT2D eigenvalue weighted by Gasteiger charge is 2.31. The van der Waals surface area contributed by atoms with Crippen LogP contribution in [-0.4, -0.2) is 96.7 Å². The number of aliphatic hydroxyl groups is 1. The van der Waals surface area contributed by atoms with E-state index in [0.717, 1.165) is 114 Å². The quantitative estimate of drug-likeness (QED) is 0.0222. The Hall–Kier alpha value is -1.94. The lowest BCUT2D eigenvalue weighted by molar-refractivity contribution is -0.161. The fraction of sp³-hybridized carbons (Fsp3) is 0.953. The van der Waals surface area contributed by atoms with Gasteiger partial charge in [-0.15, -0.1) is 0 Å². The molecule has 0 aliphatic heterocycles. The van der Waals surface area contributed by atoms with Gasteiger partial charge in [0.2, 0.25) is 0 Å². The van der Waals surface area contributed by atoms with Crippen LogP contribution in [0.15, 0.2) is 0 Å². The van der Waals surface area contributed by atoms with Gasteiger partial charge in [-0.3, -0.25) is 37.3 Å². The molecule has 3 N–H and O–H groups in total. The molecule has 0 aromatic rings. The standard InChI is InChI=1S/C86H168O17P2/c1-9-77(6)63-55-47-39-31-27-23-19-14-12-13-15-21-25-29-33-44-52-60-68-85(90)102-81(72-96-83(88)66-58-50-42-32-28-24-20-17-16-18-22-26-30-38-46-54-62-76(4)5)74-100-104(92,93)98-70-80(87)71-99-105(94,95)101-75-82(103-86(91)69-61-53-45-37-35-41-49-57-65-79(8)11-3)73-97-84(89)67-59-51-43-36-34-40-48-56-64-78(7)10-2/h76-82,87H,9-75H2,1-8H3,(H,92,93)(H,94,95)/t77?,78?,79?,80-,81-,82-/m1/s1. The molecule has 624 valence electrons. The summed E-state index contributed by atoms with van der Waals surface area (Å²) in [5, 5.41) is 10.7. The molecule has 0 aliphatic carbocycles. The summed E-state index contributed by atoms with van der Waals surface area (Å²) < 4.78 is 68.9. The van der Waals surface area contributed by atoms with E-state index < -0.39 is 97.5 Å². The van der Waals surface area contributed by atoms with E-state index in [0.29, 0.717) is 25.7 Å². The molecular formula is C86H168O17P2. The minimum absolute atomic E-state index is 0.104. The zero-order valence-corrected chi connectivity index (χ0v) is 71.2. The topological polar surface area (TPSA) is 237 Å². The molecule has 0 aliphatic rings. The number of hydrogen-bond acceptors (Lipinski definition) is 15. The fourth-order valence-corrected chi connectivity index (χ4v) is 14.8. The van der Waals surface area contributed by atoms with E-state index in [1.54, 1.807) is 0 Å². The minimum Gasteiger partial charge on any atom is -0.462 e. The van der Waals surface area contributed by atoms with Crippen LogP contribution in [0.2, 0.25) is 0 Å². The lowest BCUT2D eigenvalue weighted by atomic mass is 9.99. The number of carbonyl (C=O) groups excluding carboxylic acids is 4. The van der Waals surface area contributed by atoms with Crippen molar-refractivity contribution in [1.29, 1.82) is 0 Å². The van der Waals surface area contributed by atoms with Gasteiger partial charge in [0.05, 0.1) is 26.4 Å². The molecule has 0 amide bonds. The van der Waals surface area contributed by atoms with Gasteiger partial charge in [0.15, 0.2) is 12.2 Å². The number of carbonyl (C=O) groups is 4. The Balaban J connectivity index is 5.24. The van der Waals surface area contributed by atoms with Gasteiger partial charge in [-0.1, -0.05) is 396 Å². The summed E-state index contributed by atoms with van der Waals surface area (Å²) in [6.45, 7) is 14.4. The maximum absolute atomic E-state index is 13.2. The molecule has 5 unspecified atom stereocenters. The van der Waals surface area contributed by atoms with Crippen molar-refractivity contribution < 1.29 is 80.2 Å². The van der Waals surface area contributed by atoms with Crippen LogP contribution in [0.3, 0.4) is 0 Å². The van der Waals surface area contributed by atoms with Gasteiger partial charge < -0.3 is 33.8 Å². The largest absolute Gasteiger partial charge is 0.472 e. The fourth-order valence-electron chi connectivity index (χ4n) is 13.2. The molecule has 0 heterocycles. The van der Waals surface area contributed by atoms with Crippen molar-refractivity contribution in [3.05, 3.63) is 0 Å². The Bertz CT molecular complexity index is 2050. The molecule has 0 aromatic heterocycles. The van der Waals surface area contributed by atoms with Crippen molar-refractivity contribution in [2.75, 3.05) is 39.6 Å². The molecule has 0 bridgehead atoms. The predicted octanol–water partition coefficient (Wildman–Crippen LogP) is 25.9. The van der Waals surface area contributed by atoms with E-state index in [9.17, 15) is 43.2 Å². The summed E-state index contributed by atoms with van der Waals surface area (Å²) in [6, 6.07) is 0. The van der Waals surface area contributed by atoms with E-state index >= 15 is 0 Å². The smallest absolute Gasteiger partial charge is 0.462 e. The van der Waals surface area contributed by atoms with Crippen LogP contribution >= 0.6 is 15.6 Å². The summed E-state index contributed by atoms with van der Waals surface area (Å²) >= 11 is 0. The Morgan fingerprint density at radius 2 is 0.457 bits per heavy atom. The van der Waals surface area contributed by atoms with Gasteiger partial charge in [-0.05, 0) is 49.4 Å². The third-order valence-corrected chi connectivity index (χ3v) is 23.1. The van der Waals surface area contributed by atoms with E-state index in [1.807, 2.05) is 0 Å². The third kappa shape index (κ3) is 75.9. The number of hydrogen-bond donors (Lipinski definition) is 3. The van der Waals surface area contributed by atoms with Crippen LogP contribution < -0.4 is 0 Å². The number of aliphatic hydroxyl groups excluding tert-OH is 1. The third-order valence-electron chi connectivity index (χ3n) is 21.2. The van der Waals surface area contributed by atoms with Crippen LogP contribution in [0, 0.1) is 23.7 Å². The Labute approximate surface area is 645 Å². The molecule has 0 aromatic carbocycles. The first-order valence-corrected chi connectivity index (χ1v) is 47.3. The zero-order chi connectivity index (χ0) is 77.4. The maximum atomic E-state index is 13.2. The second-order valence-corrected chi connectivity index (χ2v) is 35.0.